The molecule has 3 nitrogen and oxygen atoms in total. The van der Waals surface area contributed by atoms with E-state index in [1.807, 2.05) is 0 Å². The summed E-state index contributed by atoms with van der Waals surface area (Å²) in [6.07, 6.45) is 2.68. The number of hydrogen-bond donors (Lipinski definition) is 2. The maximum absolute atomic E-state index is 10.5. The minimum atomic E-state index is -0.547. The Kier molecular flexibility index (Phi) is 3.38. The Morgan fingerprint density at radius 1 is 1.29 bits per heavy atom. The second-order valence-corrected chi connectivity index (χ2v) is 3.36. The Morgan fingerprint density at radius 2 is 1.93 bits per heavy atom. The van der Waals surface area contributed by atoms with Gasteiger partial charge in [0.25, 0.3) is 0 Å². The van der Waals surface area contributed by atoms with Crippen molar-refractivity contribution in [1.82, 2.24) is 0 Å². The van der Waals surface area contributed by atoms with Gasteiger partial charge < -0.3 is 11.5 Å². The first-order chi connectivity index (χ1) is 6.52. The minimum Gasteiger partial charge on any atom is -0.397 e. The summed E-state index contributed by atoms with van der Waals surface area (Å²) < 4.78 is 0. The lowest BCUT2D eigenvalue weighted by molar-refractivity contribution is -0.113. The first-order valence-electron chi connectivity index (χ1n) is 3.73. The van der Waals surface area contributed by atoms with Gasteiger partial charge in [-0.25, -0.2) is 0 Å². The Balaban J connectivity index is 3.12. The third-order valence-corrected chi connectivity index (χ3v) is 2.48. The zero-order valence-corrected chi connectivity index (χ0v) is 8.64. The fourth-order valence-electron chi connectivity index (χ4n) is 0.880. The summed E-state index contributed by atoms with van der Waals surface area (Å²) in [6.45, 7) is 0. The second kappa shape index (κ2) is 4.35. The van der Waals surface area contributed by atoms with Gasteiger partial charge in [-0.15, -0.1) is 0 Å². The fourth-order valence-corrected chi connectivity index (χ4v) is 1.29. The van der Waals surface area contributed by atoms with Gasteiger partial charge in [-0.3, -0.25) is 4.79 Å². The molecule has 0 saturated heterocycles. The van der Waals surface area contributed by atoms with Crippen molar-refractivity contribution in [2.75, 3.05) is 5.73 Å². The van der Waals surface area contributed by atoms with E-state index in [0.717, 1.165) is 0 Å². The lowest BCUT2D eigenvalue weighted by Gasteiger charge is -2.03. The molecule has 14 heavy (non-hydrogen) atoms. The average molecular weight is 231 g/mol. The maximum atomic E-state index is 10.5. The molecule has 5 heteroatoms. The molecule has 1 aromatic rings. The molecule has 0 aliphatic rings. The summed E-state index contributed by atoms with van der Waals surface area (Å²) in [6, 6.07) is 3.26. The van der Waals surface area contributed by atoms with E-state index in [4.69, 9.17) is 34.7 Å². The van der Waals surface area contributed by atoms with Crippen LogP contribution >= 0.6 is 23.2 Å². The number of halogens is 2. The van der Waals surface area contributed by atoms with E-state index in [0.29, 0.717) is 16.3 Å². The van der Waals surface area contributed by atoms with Crippen LogP contribution in [0.3, 0.4) is 0 Å². The van der Waals surface area contributed by atoms with E-state index >= 15 is 0 Å². The minimum absolute atomic E-state index is 0.276. The van der Waals surface area contributed by atoms with Gasteiger partial charge in [0, 0.05) is 6.08 Å². The highest BCUT2D eigenvalue weighted by atomic mass is 35.5. The van der Waals surface area contributed by atoms with Crippen molar-refractivity contribution in [3.05, 3.63) is 33.8 Å². The number of anilines is 1. The summed E-state index contributed by atoms with van der Waals surface area (Å²) in [5.41, 5.74) is 11.4. The van der Waals surface area contributed by atoms with Gasteiger partial charge in [-0.2, -0.15) is 0 Å². The number of carbonyl (C=O) groups excluding carboxylic acids is 1. The standard InChI is InChI=1S/C9H8Cl2N2O/c10-8-5(2-4-7(13)14)1-3-6(12)9(8)11/h1-4H,12H2,(H2,13,14). The van der Waals surface area contributed by atoms with Gasteiger partial charge >= 0.3 is 0 Å². The summed E-state index contributed by atoms with van der Waals surface area (Å²) in [5.74, 6) is -0.547. The average Bonchev–Trinajstić information content (AvgIpc) is 2.13. The summed E-state index contributed by atoms with van der Waals surface area (Å²) in [5, 5.41) is 0.586. The highest BCUT2D eigenvalue weighted by Crippen LogP contribution is 2.31. The van der Waals surface area contributed by atoms with E-state index in [1.165, 1.54) is 12.2 Å². The van der Waals surface area contributed by atoms with E-state index in [-0.39, 0.29) is 5.02 Å². The fraction of sp³-hybridized carbons (Fsp3) is 0. The van der Waals surface area contributed by atoms with Crippen molar-refractivity contribution in [2.24, 2.45) is 5.73 Å². The van der Waals surface area contributed by atoms with Gasteiger partial charge in [0.05, 0.1) is 15.7 Å². The molecule has 74 valence electrons. The molecule has 0 aliphatic carbocycles. The molecule has 1 rings (SSSR count). The summed E-state index contributed by atoms with van der Waals surface area (Å²) >= 11 is 11.7. The predicted octanol–water partition coefficient (Wildman–Crippen LogP) is 2.07. The monoisotopic (exact) mass is 230 g/mol. The van der Waals surface area contributed by atoms with Crippen LogP contribution in [-0.4, -0.2) is 5.91 Å². The van der Waals surface area contributed by atoms with Crippen molar-refractivity contribution in [3.63, 3.8) is 0 Å². The Hall–Kier alpha value is -1.19. The van der Waals surface area contributed by atoms with Crippen LogP contribution in [0.5, 0.6) is 0 Å². The lowest BCUT2D eigenvalue weighted by Crippen LogP contribution is -2.05. The van der Waals surface area contributed by atoms with Crippen LogP contribution in [-0.2, 0) is 4.79 Å². The molecule has 0 saturated carbocycles. The van der Waals surface area contributed by atoms with Crippen LogP contribution in [0.25, 0.3) is 6.08 Å². The summed E-state index contributed by atoms with van der Waals surface area (Å²) in [4.78, 5) is 10.5. The molecule has 0 aromatic heterocycles. The van der Waals surface area contributed by atoms with Gasteiger partial charge in [0.15, 0.2) is 0 Å². The molecule has 0 bridgehead atoms. The smallest absolute Gasteiger partial charge is 0.241 e. The van der Waals surface area contributed by atoms with E-state index in [2.05, 4.69) is 0 Å². The molecule has 0 radical (unpaired) electrons. The van der Waals surface area contributed by atoms with E-state index in [1.54, 1.807) is 12.1 Å². The van der Waals surface area contributed by atoms with Gasteiger partial charge in [0.1, 0.15) is 0 Å². The van der Waals surface area contributed by atoms with Crippen LogP contribution < -0.4 is 11.5 Å². The van der Waals surface area contributed by atoms with E-state index < -0.39 is 5.91 Å². The second-order valence-electron chi connectivity index (χ2n) is 2.61. The van der Waals surface area contributed by atoms with Crippen LogP contribution in [0.15, 0.2) is 18.2 Å². The first kappa shape index (κ1) is 10.9. The molecule has 0 aliphatic heterocycles. The predicted molar refractivity (Wildman–Crippen MR) is 59.1 cm³/mol. The molecule has 0 heterocycles. The maximum Gasteiger partial charge on any atom is 0.241 e. The number of hydrogen-bond acceptors (Lipinski definition) is 2. The number of rotatable bonds is 2. The third-order valence-electron chi connectivity index (χ3n) is 1.57. The molecule has 1 amide bonds. The first-order valence-corrected chi connectivity index (χ1v) is 4.49. The number of carbonyl (C=O) groups is 1. The number of benzene rings is 1. The molecule has 1 aromatic carbocycles. The SMILES string of the molecule is NC(=O)C=Cc1ccc(N)c(Cl)c1Cl. The van der Waals surface area contributed by atoms with Crippen LogP contribution in [0.2, 0.25) is 10.0 Å². The van der Waals surface area contributed by atoms with Crippen molar-refractivity contribution >= 4 is 40.9 Å². The van der Waals surface area contributed by atoms with Gasteiger partial charge in [-0.1, -0.05) is 29.3 Å². The van der Waals surface area contributed by atoms with Gasteiger partial charge in [-0.05, 0) is 17.7 Å². The zero-order valence-electron chi connectivity index (χ0n) is 7.13. The molecule has 0 atom stereocenters. The van der Waals surface area contributed by atoms with Crippen molar-refractivity contribution < 1.29 is 4.79 Å². The number of nitrogen functional groups attached to an aromatic ring is 1. The Morgan fingerprint density at radius 3 is 2.50 bits per heavy atom. The summed E-state index contributed by atoms with van der Waals surface area (Å²) in [7, 11) is 0. The lowest BCUT2D eigenvalue weighted by atomic mass is 10.2. The van der Waals surface area contributed by atoms with E-state index in [9.17, 15) is 4.79 Å². The molecule has 0 spiro atoms. The van der Waals surface area contributed by atoms with Crippen molar-refractivity contribution in [2.45, 2.75) is 0 Å². The van der Waals surface area contributed by atoms with Crippen molar-refractivity contribution in [1.29, 1.82) is 0 Å². The highest BCUT2D eigenvalue weighted by molar-refractivity contribution is 6.44. The zero-order chi connectivity index (χ0) is 10.7. The number of primary amides is 1. The Labute approximate surface area is 91.3 Å². The molecular formula is C9H8Cl2N2O. The molecule has 0 unspecified atom stereocenters. The number of amides is 1. The molecule has 4 N–H and O–H groups in total. The highest BCUT2D eigenvalue weighted by Gasteiger charge is 2.05. The Bertz CT molecular complexity index is 402. The topological polar surface area (TPSA) is 69.1 Å². The van der Waals surface area contributed by atoms with Crippen molar-refractivity contribution in [3.8, 4) is 0 Å². The van der Waals surface area contributed by atoms with Crippen LogP contribution in [0.1, 0.15) is 5.56 Å². The van der Waals surface area contributed by atoms with Crippen LogP contribution in [0, 0.1) is 0 Å². The molecular weight excluding hydrogens is 223 g/mol. The quantitative estimate of drug-likeness (QED) is 0.604. The largest absolute Gasteiger partial charge is 0.397 e. The normalized spacial score (nSPS) is 10.7. The number of nitrogens with two attached hydrogens (primary N) is 2. The third kappa shape index (κ3) is 2.40. The molecule has 0 fully saturated rings. The van der Waals surface area contributed by atoms with Crippen LogP contribution in [0.4, 0.5) is 5.69 Å². The van der Waals surface area contributed by atoms with Gasteiger partial charge in [0.2, 0.25) is 5.91 Å².